The lowest BCUT2D eigenvalue weighted by Crippen LogP contribution is -2.62. The average Bonchev–Trinajstić information content (AvgIpc) is 2.99. The molecule has 1 aliphatic heterocycles. The first kappa shape index (κ1) is 18.9. The number of ether oxygens (including phenoxy) is 2. The van der Waals surface area contributed by atoms with Crippen LogP contribution in [-0.4, -0.2) is 37.2 Å². The molecule has 3 unspecified atom stereocenters. The molecule has 2 bridgehead atoms. The second-order valence-corrected chi connectivity index (χ2v) is 7.89. The van der Waals surface area contributed by atoms with Crippen molar-refractivity contribution in [2.45, 2.75) is 50.8 Å². The molecular weight excluding hydrogens is 375 g/mol. The number of fused-ring (bicyclic) bond motifs is 2. The Bertz CT molecular complexity index is 703. The van der Waals surface area contributed by atoms with Crippen molar-refractivity contribution < 1.29 is 18.7 Å². The Kier molecular flexibility index (Phi) is 5.52. The molecule has 1 aromatic carbocycles. The molecule has 4 aliphatic rings. The van der Waals surface area contributed by atoms with Crippen molar-refractivity contribution in [2.24, 2.45) is 11.8 Å². The first-order valence-corrected chi connectivity index (χ1v) is 9.65. The molecule has 0 aromatic heterocycles. The zero-order chi connectivity index (χ0) is 19.0. The highest BCUT2D eigenvalue weighted by atomic mass is 35.5. The van der Waals surface area contributed by atoms with Crippen LogP contribution in [0.25, 0.3) is 0 Å². The van der Waals surface area contributed by atoms with Gasteiger partial charge in [0.05, 0.1) is 5.02 Å². The van der Waals surface area contributed by atoms with Crippen molar-refractivity contribution in [3.63, 3.8) is 0 Å². The predicted molar refractivity (Wildman–Crippen MR) is 97.2 cm³/mol. The number of hydrazine groups is 1. The summed E-state index contributed by atoms with van der Waals surface area (Å²) in [7, 11) is 0. The van der Waals surface area contributed by atoms with Gasteiger partial charge < -0.3 is 14.8 Å². The normalized spacial score (nSPS) is 34.8. The van der Waals surface area contributed by atoms with E-state index in [-0.39, 0.29) is 47.9 Å². The zero-order valence-corrected chi connectivity index (χ0v) is 15.8. The largest absolute Gasteiger partial charge is 0.484 e. The Morgan fingerprint density at radius 3 is 2.78 bits per heavy atom. The number of amides is 1. The van der Waals surface area contributed by atoms with Crippen molar-refractivity contribution in [1.82, 2.24) is 21.5 Å². The summed E-state index contributed by atoms with van der Waals surface area (Å²) in [6, 6.07) is 4.52. The average molecular weight is 399 g/mol. The topological polar surface area (TPSA) is 83.7 Å². The van der Waals surface area contributed by atoms with Crippen molar-refractivity contribution in [3.8, 4) is 5.75 Å². The van der Waals surface area contributed by atoms with E-state index in [0.29, 0.717) is 11.8 Å². The molecule has 27 heavy (non-hydrogen) atoms. The number of halogens is 2. The summed E-state index contributed by atoms with van der Waals surface area (Å²) in [5.74, 6) is 0.648. The highest BCUT2D eigenvalue weighted by molar-refractivity contribution is 6.30. The molecule has 0 spiro atoms. The maximum Gasteiger partial charge on any atom is 0.258 e. The van der Waals surface area contributed by atoms with Crippen molar-refractivity contribution in [3.05, 3.63) is 29.0 Å². The summed E-state index contributed by atoms with van der Waals surface area (Å²) in [5.41, 5.74) is 6.08. The molecule has 4 fully saturated rings. The summed E-state index contributed by atoms with van der Waals surface area (Å²) < 4.78 is 24.5. The molecule has 3 saturated carbocycles. The number of rotatable bonds is 6. The minimum Gasteiger partial charge on any atom is -0.484 e. The molecule has 1 heterocycles. The lowest BCUT2D eigenvalue weighted by Gasteiger charge is -2.52. The van der Waals surface area contributed by atoms with Crippen LogP contribution in [0.4, 0.5) is 4.39 Å². The predicted octanol–water partition coefficient (Wildman–Crippen LogP) is 1.48. The molecule has 4 atom stereocenters. The summed E-state index contributed by atoms with van der Waals surface area (Å²) in [6.07, 6.45) is 2.79. The van der Waals surface area contributed by atoms with Gasteiger partial charge in [-0.1, -0.05) is 11.6 Å². The highest BCUT2D eigenvalue weighted by Crippen LogP contribution is 2.45. The van der Waals surface area contributed by atoms with Gasteiger partial charge in [0.1, 0.15) is 17.8 Å². The van der Waals surface area contributed by atoms with Gasteiger partial charge in [-0.15, -0.1) is 0 Å². The van der Waals surface area contributed by atoms with E-state index >= 15 is 0 Å². The lowest BCUT2D eigenvalue weighted by atomic mass is 9.60. The van der Waals surface area contributed by atoms with Gasteiger partial charge in [-0.3, -0.25) is 10.1 Å². The van der Waals surface area contributed by atoms with E-state index in [0.717, 1.165) is 19.3 Å². The monoisotopic (exact) mass is 398 g/mol. The van der Waals surface area contributed by atoms with Gasteiger partial charge in [0.2, 0.25) is 0 Å². The molecule has 9 heteroatoms. The molecule has 3 aliphatic carbocycles. The van der Waals surface area contributed by atoms with Crippen LogP contribution in [0.5, 0.6) is 5.75 Å². The second kappa shape index (κ2) is 7.89. The van der Waals surface area contributed by atoms with Crippen LogP contribution >= 0.6 is 11.6 Å². The fourth-order valence-corrected chi connectivity index (χ4v) is 4.23. The first-order chi connectivity index (χ1) is 13.0. The fourth-order valence-electron chi connectivity index (χ4n) is 4.11. The van der Waals surface area contributed by atoms with Crippen LogP contribution < -0.4 is 26.2 Å². The van der Waals surface area contributed by atoms with Gasteiger partial charge in [0.25, 0.3) is 5.91 Å². The highest BCUT2D eigenvalue weighted by Gasteiger charge is 2.47. The number of benzene rings is 1. The Hall–Kier alpha value is -1.45. The van der Waals surface area contributed by atoms with Crippen molar-refractivity contribution in [1.29, 1.82) is 0 Å². The molecule has 1 amide bonds. The third kappa shape index (κ3) is 4.35. The summed E-state index contributed by atoms with van der Waals surface area (Å²) in [6.45, 7) is 1.78. The van der Waals surface area contributed by atoms with Crippen LogP contribution in [0.3, 0.4) is 0 Å². The minimum atomic E-state index is -0.567. The summed E-state index contributed by atoms with van der Waals surface area (Å²) >= 11 is 5.64. The van der Waals surface area contributed by atoms with E-state index in [1.54, 1.807) is 6.07 Å². The maximum atomic E-state index is 13.4. The third-order valence-electron chi connectivity index (χ3n) is 5.59. The van der Waals surface area contributed by atoms with Gasteiger partial charge in [0.15, 0.2) is 13.0 Å². The zero-order valence-electron chi connectivity index (χ0n) is 15.0. The number of hydrogen-bond donors (Lipinski definition) is 4. The fraction of sp³-hybridized carbons (Fsp3) is 0.611. The third-order valence-corrected chi connectivity index (χ3v) is 5.89. The molecule has 7 nitrogen and oxygen atoms in total. The van der Waals surface area contributed by atoms with Gasteiger partial charge in [-0.2, -0.15) is 0 Å². The molecule has 0 radical (unpaired) electrons. The SMILES string of the molecule is CC1NNC(NC2C[C@H](NC(=O)COc3ccc(Cl)c(F)c3)C3CC2C3)O1. The molecule has 5 rings (SSSR count). The van der Waals surface area contributed by atoms with Crippen LogP contribution in [0.1, 0.15) is 26.2 Å². The quantitative estimate of drug-likeness (QED) is 0.581. The van der Waals surface area contributed by atoms with Gasteiger partial charge in [-0.05, 0) is 50.2 Å². The molecule has 1 aromatic rings. The lowest BCUT2D eigenvalue weighted by molar-refractivity contribution is -0.125. The second-order valence-electron chi connectivity index (χ2n) is 7.49. The van der Waals surface area contributed by atoms with Gasteiger partial charge >= 0.3 is 0 Å². The Labute approximate surface area is 162 Å². The smallest absolute Gasteiger partial charge is 0.258 e. The number of nitrogens with one attached hydrogen (secondary N) is 4. The van der Waals surface area contributed by atoms with Crippen LogP contribution in [0.2, 0.25) is 5.02 Å². The summed E-state index contributed by atoms with van der Waals surface area (Å²) in [5, 5.41) is 6.57. The van der Waals surface area contributed by atoms with E-state index in [4.69, 9.17) is 21.1 Å². The Morgan fingerprint density at radius 1 is 1.30 bits per heavy atom. The first-order valence-electron chi connectivity index (χ1n) is 9.27. The Morgan fingerprint density at radius 2 is 2.07 bits per heavy atom. The van der Waals surface area contributed by atoms with Crippen LogP contribution in [0.15, 0.2) is 18.2 Å². The molecule has 4 N–H and O–H groups in total. The van der Waals surface area contributed by atoms with Crippen LogP contribution in [0, 0.1) is 17.7 Å². The number of carbonyl (C=O) groups excluding carboxylic acids is 1. The van der Waals surface area contributed by atoms with Gasteiger partial charge in [-0.25, -0.2) is 15.2 Å². The van der Waals surface area contributed by atoms with Crippen molar-refractivity contribution >= 4 is 17.5 Å². The van der Waals surface area contributed by atoms with E-state index in [2.05, 4.69) is 21.5 Å². The maximum absolute atomic E-state index is 13.4. The van der Waals surface area contributed by atoms with E-state index in [9.17, 15) is 9.18 Å². The number of hydrogen-bond acceptors (Lipinski definition) is 6. The standard InChI is InChI=1S/C18H24ClFN4O3/c1-9-23-24-18(27-9)22-16-7-15(10-4-11(16)5-10)21-17(25)8-26-12-2-3-13(19)14(20)6-12/h2-3,6,9-11,15-16,18,22-24H,4-5,7-8H2,1H3,(H,21,25)/t9?,10?,11?,15-,16?,18?/m0/s1. The molecule has 148 valence electrons. The van der Waals surface area contributed by atoms with Crippen LogP contribution in [-0.2, 0) is 9.53 Å². The molecule has 1 saturated heterocycles. The Balaban J connectivity index is 1.26. The number of carbonyl (C=O) groups is 1. The van der Waals surface area contributed by atoms with E-state index in [1.807, 2.05) is 6.92 Å². The van der Waals surface area contributed by atoms with E-state index < -0.39 is 5.82 Å². The van der Waals surface area contributed by atoms with Crippen molar-refractivity contribution in [2.75, 3.05) is 6.61 Å². The van der Waals surface area contributed by atoms with Gasteiger partial charge in [0, 0.05) is 18.2 Å². The molecular formula is C18H24ClFN4O3. The summed E-state index contributed by atoms with van der Waals surface area (Å²) in [4.78, 5) is 12.3. The minimum absolute atomic E-state index is 0.0254. The van der Waals surface area contributed by atoms with E-state index in [1.165, 1.54) is 12.1 Å².